The molecular formula is C23H26F3N3O6S. The molecule has 1 saturated heterocycles. The molecule has 1 fully saturated rings. The Balaban J connectivity index is 1.75. The number of amides is 2. The van der Waals surface area contributed by atoms with Crippen molar-refractivity contribution in [3.05, 3.63) is 42.5 Å². The number of carbonyl (C=O) groups excluding carboxylic acids is 2. The zero-order valence-corrected chi connectivity index (χ0v) is 20.4. The number of piperidine rings is 1. The van der Waals surface area contributed by atoms with Crippen molar-refractivity contribution in [3.8, 4) is 11.5 Å². The lowest BCUT2D eigenvalue weighted by atomic mass is 9.96. The fraction of sp³-hybridized carbons (Fsp3) is 0.391. The molecule has 9 nitrogen and oxygen atoms in total. The molecule has 13 heteroatoms. The van der Waals surface area contributed by atoms with Crippen LogP contribution in [0.3, 0.4) is 0 Å². The van der Waals surface area contributed by atoms with Crippen LogP contribution in [0.15, 0.2) is 47.4 Å². The summed E-state index contributed by atoms with van der Waals surface area (Å²) in [5.41, 5.74) is 0.172. The van der Waals surface area contributed by atoms with Crippen LogP contribution in [-0.4, -0.2) is 51.2 Å². The number of sulfonamides is 1. The summed E-state index contributed by atoms with van der Waals surface area (Å²) in [6.07, 6.45) is -3.90. The number of nitrogens with zero attached hydrogens (tertiary/aromatic N) is 1. The molecule has 0 bridgehead atoms. The second-order valence-electron chi connectivity index (χ2n) is 8.05. The van der Waals surface area contributed by atoms with Crippen LogP contribution >= 0.6 is 0 Å². The SMILES string of the molecule is CCOc1cc(NC(=O)C2CCN(C(C)=O)CC2)ccc1S(=O)(=O)Nc1cccc(OC(F)(F)F)c1. The first-order chi connectivity index (χ1) is 16.9. The first-order valence-electron chi connectivity index (χ1n) is 11.1. The molecule has 2 aromatic carbocycles. The Morgan fingerprint density at radius 2 is 1.78 bits per heavy atom. The van der Waals surface area contributed by atoms with Gasteiger partial charge < -0.3 is 19.7 Å². The van der Waals surface area contributed by atoms with Crippen molar-refractivity contribution < 1.29 is 40.7 Å². The predicted molar refractivity (Wildman–Crippen MR) is 125 cm³/mol. The van der Waals surface area contributed by atoms with Crippen molar-refractivity contribution in [1.82, 2.24) is 4.90 Å². The second-order valence-corrected chi connectivity index (χ2v) is 9.70. The number of hydrogen-bond donors (Lipinski definition) is 2. The molecule has 1 aliphatic heterocycles. The molecule has 0 saturated carbocycles. The van der Waals surface area contributed by atoms with E-state index in [0.717, 1.165) is 12.1 Å². The van der Waals surface area contributed by atoms with E-state index in [9.17, 15) is 31.2 Å². The molecule has 3 rings (SSSR count). The van der Waals surface area contributed by atoms with Gasteiger partial charge in [0.05, 0.1) is 12.3 Å². The van der Waals surface area contributed by atoms with Crippen LogP contribution in [-0.2, 0) is 19.6 Å². The molecular weight excluding hydrogens is 503 g/mol. The van der Waals surface area contributed by atoms with Gasteiger partial charge in [-0.3, -0.25) is 14.3 Å². The van der Waals surface area contributed by atoms with Gasteiger partial charge in [0.2, 0.25) is 11.8 Å². The van der Waals surface area contributed by atoms with E-state index < -0.39 is 22.1 Å². The number of ether oxygens (including phenoxy) is 2. The van der Waals surface area contributed by atoms with Crippen LogP contribution in [0.25, 0.3) is 0 Å². The number of halogens is 3. The minimum Gasteiger partial charge on any atom is -0.492 e. The van der Waals surface area contributed by atoms with Gasteiger partial charge in [-0.1, -0.05) is 6.07 Å². The Bertz CT molecular complexity index is 1210. The smallest absolute Gasteiger partial charge is 0.492 e. The number of carbonyl (C=O) groups is 2. The number of likely N-dealkylation sites (tertiary alicyclic amines) is 1. The highest BCUT2D eigenvalue weighted by atomic mass is 32.2. The summed E-state index contributed by atoms with van der Waals surface area (Å²) in [6.45, 7) is 4.21. The van der Waals surface area contributed by atoms with Crippen molar-refractivity contribution in [2.24, 2.45) is 5.92 Å². The van der Waals surface area contributed by atoms with Gasteiger partial charge in [0.15, 0.2) is 0 Å². The van der Waals surface area contributed by atoms with Gasteiger partial charge in [0.1, 0.15) is 16.4 Å². The van der Waals surface area contributed by atoms with Crippen LogP contribution in [0.5, 0.6) is 11.5 Å². The maximum Gasteiger partial charge on any atom is 0.573 e. The average Bonchev–Trinajstić information content (AvgIpc) is 2.78. The summed E-state index contributed by atoms with van der Waals surface area (Å²) >= 11 is 0. The molecule has 1 heterocycles. The van der Waals surface area contributed by atoms with Crippen LogP contribution in [0.2, 0.25) is 0 Å². The summed E-state index contributed by atoms with van der Waals surface area (Å²) in [4.78, 5) is 25.6. The lowest BCUT2D eigenvalue weighted by Crippen LogP contribution is -2.40. The summed E-state index contributed by atoms with van der Waals surface area (Å²) in [5, 5.41) is 2.75. The zero-order valence-electron chi connectivity index (χ0n) is 19.6. The Hall–Kier alpha value is -3.48. The van der Waals surface area contributed by atoms with Gasteiger partial charge >= 0.3 is 6.36 Å². The number of hydrogen-bond acceptors (Lipinski definition) is 6. The van der Waals surface area contributed by atoms with Crippen molar-refractivity contribution in [2.45, 2.75) is 37.9 Å². The maximum atomic E-state index is 13.0. The van der Waals surface area contributed by atoms with Gasteiger partial charge in [0.25, 0.3) is 10.0 Å². The van der Waals surface area contributed by atoms with E-state index in [2.05, 4.69) is 14.8 Å². The molecule has 0 spiro atoms. The summed E-state index contributed by atoms with van der Waals surface area (Å²) < 4.78 is 74.9. The molecule has 196 valence electrons. The molecule has 0 radical (unpaired) electrons. The Kier molecular flexibility index (Phi) is 8.33. The standard InChI is InChI=1S/C23H26F3N3O6S/c1-3-34-20-14-17(27-22(31)16-9-11-29(12-10-16)15(2)30)7-8-21(20)36(32,33)28-18-5-4-6-19(13-18)35-23(24,25)26/h4-8,13-14,16,28H,3,9-12H2,1-2H3,(H,27,31). The summed E-state index contributed by atoms with van der Waals surface area (Å²) in [5.74, 6) is -1.22. The Morgan fingerprint density at radius 3 is 2.39 bits per heavy atom. The first-order valence-corrected chi connectivity index (χ1v) is 12.6. The third-order valence-corrected chi connectivity index (χ3v) is 6.85. The van der Waals surface area contributed by atoms with Crippen molar-refractivity contribution >= 4 is 33.2 Å². The lowest BCUT2D eigenvalue weighted by molar-refractivity contribution is -0.274. The largest absolute Gasteiger partial charge is 0.573 e. The molecule has 2 aromatic rings. The fourth-order valence-electron chi connectivity index (χ4n) is 3.74. The minimum atomic E-state index is -4.93. The normalized spacial score (nSPS) is 14.8. The fourth-order valence-corrected chi connectivity index (χ4v) is 4.92. The van der Waals surface area contributed by atoms with Crippen molar-refractivity contribution in [2.75, 3.05) is 29.7 Å². The van der Waals surface area contributed by atoms with Crippen molar-refractivity contribution in [3.63, 3.8) is 0 Å². The summed E-state index contributed by atoms with van der Waals surface area (Å²) in [7, 11) is -4.27. The first kappa shape index (κ1) is 27.1. The Morgan fingerprint density at radius 1 is 1.08 bits per heavy atom. The molecule has 0 aliphatic carbocycles. The molecule has 2 N–H and O–H groups in total. The quantitative estimate of drug-likeness (QED) is 0.535. The lowest BCUT2D eigenvalue weighted by Gasteiger charge is -2.30. The molecule has 0 unspecified atom stereocenters. The van der Waals surface area contributed by atoms with Gasteiger partial charge in [-0.05, 0) is 44.0 Å². The van der Waals surface area contributed by atoms with E-state index in [1.54, 1.807) is 11.8 Å². The number of alkyl halides is 3. The van der Waals surface area contributed by atoms with Crippen LogP contribution in [0.1, 0.15) is 26.7 Å². The third-order valence-electron chi connectivity index (χ3n) is 5.43. The van der Waals surface area contributed by atoms with E-state index >= 15 is 0 Å². The Labute approximate surface area is 206 Å². The number of benzene rings is 2. The number of anilines is 2. The minimum absolute atomic E-state index is 0.0415. The average molecular weight is 530 g/mol. The molecule has 0 atom stereocenters. The van der Waals surface area contributed by atoms with Crippen LogP contribution in [0, 0.1) is 5.92 Å². The second kappa shape index (κ2) is 11.1. The molecule has 2 amide bonds. The zero-order chi connectivity index (χ0) is 26.5. The van der Waals surface area contributed by atoms with E-state index in [1.165, 1.54) is 37.3 Å². The third kappa shape index (κ3) is 7.26. The highest BCUT2D eigenvalue weighted by molar-refractivity contribution is 7.92. The highest BCUT2D eigenvalue weighted by Gasteiger charge is 2.31. The molecule has 1 aliphatic rings. The molecule has 36 heavy (non-hydrogen) atoms. The highest BCUT2D eigenvalue weighted by Crippen LogP contribution is 2.31. The van der Waals surface area contributed by atoms with E-state index in [1.807, 2.05) is 0 Å². The van der Waals surface area contributed by atoms with E-state index in [0.29, 0.717) is 31.6 Å². The van der Waals surface area contributed by atoms with Gasteiger partial charge in [-0.2, -0.15) is 0 Å². The topological polar surface area (TPSA) is 114 Å². The molecule has 0 aromatic heterocycles. The van der Waals surface area contributed by atoms with Gasteiger partial charge in [-0.15, -0.1) is 13.2 Å². The number of nitrogens with one attached hydrogen (secondary N) is 2. The van der Waals surface area contributed by atoms with Gasteiger partial charge in [-0.25, -0.2) is 8.42 Å². The van der Waals surface area contributed by atoms with Crippen LogP contribution < -0.4 is 19.5 Å². The summed E-state index contributed by atoms with van der Waals surface area (Å²) in [6, 6.07) is 8.41. The number of rotatable bonds is 8. The maximum absolute atomic E-state index is 13.0. The van der Waals surface area contributed by atoms with Crippen LogP contribution in [0.4, 0.5) is 24.5 Å². The predicted octanol–water partition coefficient (Wildman–Crippen LogP) is 3.98. The van der Waals surface area contributed by atoms with E-state index in [4.69, 9.17) is 4.74 Å². The van der Waals surface area contributed by atoms with Gasteiger partial charge in [0, 0.05) is 43.8 Å². The van der Waals surface area contributed by atoms with E-state index in [-0.39, 0.29) is 40.7 Å². The van der Waals surface area contributed by atoms with Crippen molar-refractivity contribution in [1.29, 1.82) is 0 Å². The monoisotopic (exact) mass is 529 g/mol.